The first-order chi connectivity index (χ1) is 9.22. The number of nitrogens with zero attached hydrogens (tertiary/aromatic N) is 1. The van der Waals surface area contributed by atoms with E-state index in [1.54, 1.807) is 7.11 Å². The Balaban J connectivity index is 2.45. The number of anilines is 1. The first-order valence-electron chi connectivity index (χ1n) is 5.97. The van der Waals surface area contributed by atoms with Crippen molar-refractivity contribution in [3.8, 4) is 5.75 Å². The second-order valence-corrected chi connectivity index (χ2v) is 5.53. The molecule has 96 valence electrons. The molecule has 0 bridgehead atoms. The third kappa shape index (κ3) is 2.10. The summed E-state index contributed by atoms with van der Waals surface area (Å²) in [5.41, 5.74) is 3.07. The third-order valence-corrected chi connectivity index (χ3v) is 3.86. The van der Waals surface area contributed by atoms with Gasteiger partial charge in [-0.05, 0) is 59.0 Å². The lowest BCUT2D eigenvalue weighted by atomic mass is 10.1. The fourth-order valence-electron chi connectivity index (χ4n) is 2.29. The van der Waals surface area contributed by atoms with Gasteiger partial charge >= 0.3 is 0 Å². The van der Waals surface area contributed by atoms with Gasteiger partial charge in [0, 0.05) is 21.4 Å². The lowest BCUT2D eigenvalue weighted by Gasteiger charge is -2.11. The van der Waals surface area contributed by atoms with Crippen LogP contribution in [0.4, 0.5) is 5.69 Å². The minimum Gasteiger partial charge on any atom is -0.497 e. The Labute approximate surface area is 125 Å². The normalized spacial score (nSPS) is 10.9. The van der Waals surface area contributed by atoms with Gasteiger partial charge in [0.1, 0.15) is 5.75 Å². The molecule has 0 aliphatic rings. The first-order valence-corrected chi connectivity index (χ1v) is 7.05. The quantitative estimate of drug-likeness (QED) is 0.552. The van der Waals surface area contributed by atoms with E-state index in [9.17, 15) is 0 Å². The van der Waals surface area contributed by atoms with Crippen molar-refractivity contribution in [2.24, 2.45) is 0 Å². The summed E-state index contributed by atoms with van der Waals surface area (Å²) < 4.78 is 6.48. The van der Waals surface area contributed by atoms with E-state index in [1.807, 2.05) is 25.2 Å². The highest BCUT2D eigenvalue weighted by molar-refractivity contribution is 14.1. The minimum absolute atomic E-state index is 0.843. The molecule has 3 aromatic rings. The number of fused-ring (bicyclic) bond motifs is 2. The molecule has 0 fully saturated rings. The van der Waals surface area contributed by atoms with Gasteiger partial charge in [0.2, 0.25) is 0 Å². The van der Waals surface area contributed by atoms with Crippen molar-refractivity contribution in [1.29, 1.82) is 0 Å². The van der Waals surface area contributed by atoms with Crippen LogP contribution in [0.25, 0.3) is 21.8 Å². The summed E-state index contributed by atoms with van der Waals surface area (Å²) in [5, 5.41) is 5.49. The Morgan fingerprint density at radius 1 is 1.05 bits per heavy atom. The molecule has 2 aromatic carbocycles. The zero-order chi connectivity index (χ0) is 13.4. The zero-order valence-corrected chi connectivity index (χ0v) is 12.9. The standard InChI is InChI=1S/C15H13IN2O/c1-17-15-11-5-3-9(16)7-14(11)18-13-6-4-10(19-2)8-12(13)15/h3-8H,1-2H3,(H,17,18)/i16-2. The highest BCUT2D eigenvalue weighted by Gasteiger charge is 2.09. The van der Waals surface area contributed by atoms with Crippen molar-refractivity contribution in [1.82, 2.24) is 4.98 Å². The summed E-state index contributed by atoms with van der Waals surface area (Å²) in [6.45, 7) is 0. The van der Waals surface area contributed by atoms with E-state index in [0.717, 1.165) is 33.2 Å². The van der Waals surface area contributed by atoms with E-state index in [-0.39, 0.29) is 0 Å². The molecule has 0 radical (unpaired) electrons. The highest BCUT2D eigenvalue weighted by atomic mass is 125. The Bertz CT molecular complexity index is 771. The van der Waals surface area contributed by atoms with Gasteiger partial charge in [-0.15, -0.1) is 0 Å². The third-order valence-electron chi connectivity index (χ3n) is 3.19. The van der Waals surface area contributed by atoms with Crippen molar-refractivity contribution < 1.29 is 4.74 Å². The molecule has 0 saturated heterocycles. The number of aromatic nitrogens is 1. The molecule has 0 aliphatic carbocycles. The van der Waals surface area contributed by atoms with Crippen LogP contribution in [0.2, 0.25) is 0 Å². The maximum absolute atomic E-state index is 5.30. The number of nitrogens with one attached hydrogen (secondary N) is 1. The van der Waals surface area contributed by atoms with Crippen LogP contribution in [0.1, 0.15) is 0 Å². The average molecular weight is 362 g/mol. The topological polar surface area (TPSA) is 34.2 Å². The second-order valence-electron chi connectivity index (χ2n) is 4.28. The number of halogens is 1. The maximum atomic E-state index is 5.30. The first kappa shape index (κ1) is 12.5. The van der Waals surface area contributed by atoms with Gasteiger partial charge < -0.3 is 10.1 Å². The van der Waals surface area contributed by atoms with Gasteiger partial charge in [-0.3, -0.25) is 0 Å². The molecular weight excluding hydrogens is 349 g/mol. The van der Waals surface area contributed by atoms with E-state index in [2.05, 4.69) is 46.1 Å². The number of methoxy groups -OCH3 is 1. The van der Waals surface area contributed by atoms with Crippen molar-refractivity contribution in [3.05, 3.63) is 40.0 Å². The highest BCUT2D eigenvalue weighted by Crippen LogP contribution is 2.33. The van der Waals surface area contributed by atoms with E-state index in [0.29, 0.717) is 0 Å². The minimum atomic E-state index is 0.843. The number of ether oxygens (including phenoxy) is 1. The molecule has 0 aliphatic heterocycles. The number of pyridine rings is 1. The van der Waals surface area contributed by atoms with Crippen LogP contribution < -0.4 is 10.1 Å². The van der Waals surface area contributed by atoms with E-state index >= 15 is 0 Å². The summed E-state index contributed by atoms with van der Waals surface area (Å²) in [6, 6.07) is 12.3. The predicted molar refractivity (Wildman–Crippen MR) is 88.1 cm³/mol. The van der Waals surface area contributed by atoms with Crippen LogP contribution in [0, 0.1) is 3.57 Å². The largest absolute Gasteiger partial charge is 0.497 e. The molecule has 0 amide bonds. The maximum Gasteiger partial charge on any atom is 0.119 e. The zero-order valence-electron chi connectivity index (χ0n) is 10.7. The summed E-state index contributed by atoms with van der Waals surface area (Å²) in [5.74, 6) is 0.843. The fourth-order valence-corrected chi connectivity index (χ4v) is 2.77. The van der Waals surface area contributed by atoms with Crippen molar-refractivity contribution in [3.63, 3.8) is 0 Å². The lowest BCUT2D eigenvalue weighted by Crippen LogP contribution is -1.95. The number of hydrogen-bond donors (Lipinski definition) is 1. The van der Waals surface area contributed by atoms with Gasteiger partial charge in [-0.1, -0.05) is 0 Å². The summed E-state index contributed by atoms with van der Waals surface area (Å²) in [4.78, 5) is 4.72. The van der Waals surface area contributed by atoms with Crippen molar-refractivity contribution in [2.75, 3.05) is 19.5 Å². The molecule has 0 saturated carbocycles. The fraction of sp³-hybridized carbons (Fsp3) is 0.133. The molecular formula is C15H13IN2O. The Kier molecular flexibility index (Phi) is 3.18. The number of benzene rings is 2. The predicted octanol–water partition coefficient (Wildman–Crippen LogP) is 4.04. The Morgan fingerprint density at radius 3 is 2.63 bits per heavy atom. The van der Waals surface area contributed by atoms with Crippen LogP contribution in [0.3, 0.4) is 0 Å². The molecule has 4 heteroatoms. The van der Waals surface area contributed by atoms with Crippen LogP contribution in [-0.4, -0.2) is 19.1 Å². The van der Waals surface area contributed by atoms with E-state index in [1.165, 1.54) is 3.57 Å². The molecule has 1 heterocycles. The average Bonchev–Trinajstić information content (AvgIpc) is 2.44. The number of hydrogen-bond acceptors (Lipinski definition) is 3. The summed E-state index contributed by atoms with van der Waals surface area (Å²) in [7, 11) is 3.61. The van der Waals surface area contributed by atoms with E-state index in [4.69, 9.17) is 9.72 Å². The molecule has 0 atom stereocenters. The molecule has 0 unspecified atom stereocenters. The molecule has 3 nitrogen and oxygen atoms in total. The van der Waals surface area contributed by atoms with Crippen molar-refractivity contribution >= 4 is 50.1 Å². The van der Waals surface area contributed by atoms with E-state index < -0.39 is 0 Å². The Morgan fingerprint density at radius 2 is 1.89 bits per heavy atom. The smallest absolute Gasteiger partial charge is 0.119 e. The van der Waals surface area contributed by atoms with Crippen LogP contribution in [-0.2, 0) is 0 Å². The van der Waals surface area contributed by atoms with Crippen LogP contribution in [0.5, 0.6) is 5.75 Å². The molecule has 19 heavy (non-hydrogen) atoms. The van der Waals surface area contributed by atoms with Gasteiger partial charge in [-0.2, -0.15) is 0 Å². The summed E-state index contributed by atoms with van der Waals surface area (Å²) >= 11 is 2.31. The molecule has 0 spiro atoms. The number of rotatable bonds is 2. The lowest BCUT2D eigenvalue weighted by molar-refractivity contribution is 0.415. The van der Waals surface area contributed by atoms with Crippen LogP contribution in [0.15, 0.2) is 36.4 Å². The SMILES string of the molecule is CNc1c2ccc([125I])cc2nc2ccc(OC)cc12. The molecule has 1 N–H and O–H groups in total. The van der Waals surface area contributed by atoms with Gasteiger partial charge in [0.05, 0.1) is 23.8 Å². The monoisotopic (exact) mass is 362 g/mol. The Hall–Kier alpha value is -1.56. The van der Waals surface area contributed by atoms with Crippen LogP contribution >= 0.6 is 22.6 Å². The summed E-state index contributed by atoms with van der Waals surface area (Å²) in [6.07, 6.45) is 0. The van der Waals surface area contributed by atoms with Gasteiger partial charge in [-0.25, -0.2) is 4.98 Å². The van der Waals surface area contributed by atoms with Crippen molar-refractivity contribution in [2.45, 2.75) is 0 Å². The molecule has 3 rings (SSSR count). The second kappa shape index (κ2) is 4.85. The van der Waals surface area contributed by atoms with Gasteiger partial charge in [0.15, 0.2) is 0 Å². The molecule has 1 aromatic heterocycles. The van der Waals surface area contributed by atoms with Gasteiger partial charge in [0.25, 0.3) is 0 Å².